The molecule has 1 fully saturated rings. The zero-order valence-electron chi connectivity index (χ0n) is 6.82. The Balaban J connectivity index is 2.34. The predicted octanol–water partition coefficient (Wildman–Crippen LogP) is 1.05. The third-order valence-corrected chi connectivity index (χ3v) is 2.32. The molecule has 1 aliphatic rings. The van der Waals surface area contributed by atoms with Crippen LogP contribution in [0, 0.1) is 0 Å². The Labute approximate surface area is 75.0 Å². The van der Waals surface area contributed by atoms with Crippen molar-refractivity contribution in [2.24, 2.45) is 0 Å². The minimum atomic E-state index is 0.344. The Morgan fingerprint density at radius 2 is 2.08 bits per heavy atom. The highest BCUT2D eigenvalue weighted by Crippen LogP contribution is 2.38. The van der Waals surface area contributed by atoms with Crippen LogP contribution in [0.3, 0.4) is 0 Å². The normalized spacial score (nSPS) is 16.4. The lowest BCUT2D eigenvalue weighted by Gasteiger charge is -2.00. The van der Waals surface area contributed by atoms with E-state index in [-0.39, 0.29) is 0 Å². The number of anilines is 1. The van der Waals surface area contributed by atoms with Gasteiger partial charge in [0.1, 0.15) is 5.82 Å². The smallest absolute Gasteiger partial charge is 0.224 e. The van der Waals surface area contributed by atoms with Gasteiger partial charge in [-0.1, -0.05) is 11.8 Å². The first-order valence-electron chi connectivity index (χ1n) is 3.85. The van der Waals surface area contributed by atoms with Crippen molar-refractivity contribution in [2.75, 3.05) is 12.0 Å². The summed E-state index contributed by atoms with van der Waals surface area (Å²) in [5, 5.41) is 0.726. The summed E-state index contributed by atoms with van der Waals surface area (Å²) in [6, 6.07) is 0. The van der Waals surface area contributed by atoms with Crippen LogP contribution >= 0.6 is 11.8 Å². The molecule has 0 bridgehead atoms. The van der Waals surface area contributed by atoms with E-state index < -0.39 is 0 Å². The van der Waals surface area contributed by atoms with Gasteiger partial charge in [0.2, 0.25) is 5.95 Å². The van der Waals surface area contributed by atoms with Crippen LogP contribution in [0.5, 0.6) is 0 Å². The monoisotopic (exact) mass is 182 g/mol. The van der Waals surface area contributed by atoms with E-state index in [0.717, 1.165) is 11.0 Å². The van der Waals surface area contributed by atoms with Gasteiger partial charge in [-0.2, -0.15) is 9.97 Å². The molecule has 1 aliphatic carbocycles. The third-order valence-electron chi connectivity index (χ3n) is 1.77. The summed E-state index contributed by atoms with van der Waals surface area (Å²) in [7, 11) is 0. The molecule has 1 saturated carbocycles. The van der Waals surface area contributed by atoms with E-state index in [1.54, 1.807) is 0 Å². The summed E-state index contributed by atoms with van der Waals surface area (Å²) >= 11 is 1.50. The maximum absolute atomic E-state index is 5.52. The quantitative estimate of drug-likeness (QED) is 0.693. The van der Waals surface area contributed by atoms with Crippen molar-refractivity contribution in [3.63, 3.8) is 0 Å². The average molecular weight is 182 g/mol. The topological polar surface area (TPSA) is 64.7 Å². The van der Waals surface area contributed by atoms with Crippen molar-refractivity contribution in [2.45, 2.75) is 23.9 Å². The summed E-state index contributed by atoms with van der Waals surface area (Å²) in [4.78, 5) is 12.3. The molecular formula is C7H10N4S. The van der Waals surface area contributed by atoms with Gasteiger partial charge in [0.15, 0.2) is 5.16 Å². The summed E-state index contributed by atoms with van der Waals surface area (Å²) in [5.41, 5.74) is 5.52. The fourth-order valence-electron chi connectivity index (χ4n) is 1.00. The fourth-order valence-corrected chi connectivity index (χ4v) is 1.37. The van der Waals surface area contributed by atoms with Gasteiger partial charge in [0, 0.05) is 5.92 Å². The molecule has 0 spiro atoms. The minimum absolute atomic E-state index is 0.344. The molecule has 1 aromatic heterocycles. The van der Waals surface area contributed by atoms with Gasteiger partial charge in [-0.05, 0) is 19.1 Å². The van der Waals surface area contributed by atoms with Gasteiger partial charge < -0.3 is 5.73 Å². The van der Waals surface area contributed by atoms with E-state index in [9.17, 15) is 0 Å². The van der Waals surface area contributed by atoms with Crippen LogP contribution in [0.4, 0.5) is 5.95 Å². The Kier molecular flexibility index (Phi) is 1.88. The molecule has 0 unspecified atom stereocenters. The Bertz CT molecular complexity index is 297. The molecule has 2 N–H and O–H groups in total. The molecule has 0 saturated heterocycles. The second kappa shape index (κ2) is 2.90. The number of hydrogen-bond acceptors (Lipinski definition) is 5. The third kappa shape index (κ3) is 1.50. The van der Waals surface area contributed by atoms with E-state index >= 15 is 0 Å². The highest BCUT2D eigenvalue weighted by molar-refractivity contribution is 7.98. The first-order chi connectivity index (χ1) is 5.79. The fraction of sp³-hybridized carbons (Fsp3) is 0.571. The molecule has 0 amide bonds. The van der Waals surface area contributed by atoms with Gasteiger partial charge in [-0.15, -0.1) is 0 Å². The lowest BCUT2D eigenvalue weighted by atomic mass is 10.4. The van der Waals surface area contributed by atoms with Crippen LogP contribution in [0.2, 0.25) is 0 Å². The van der Waals surface area contributed by atoms with Crippen LogP contribution in [0.1, 0.15) is 24.6 Å². The van der Waals surface area contributed by atoms with Crippen molar-refractivity contribution in [1.82, 2.24) is 15.0 Å². The van der Waals surface area contributed by atoms with Gasteiger partial charge in [0.05, 0.1) is 0 Å². The number of aromatic nitrogens is 3. The highest BCUT2D eigenvalue weighted by Gasteiger charge is 2.27. The van der Waals surface area contributed by atoms with E-state index in [0.29, 0.717) is 11.9 Å². The van der Waals surface area contributed by atoms with E-state index in [2.05, 4.69) is 15.0 Å². The Hall–Kier alpha value is -0.840. The van der Waals surface area contributed by atoms with Crippen LogP contribution in [-0.2, 0) is 0 Å². The molecule has 2 rings (SSSR count). The lowest BCUT2D eigenvalue weighted by Crippen LogP contribution is -2.02. The van der Waals surface area contributed by atoms with Crippen molar-refractivity contribution in [3.8, 4) is 0 Å². The molecule has 5 heteroatoms. The molecule has 0 atom stereocenters. The van der Waals surface area contributed by atoms with Crippen LogP contribution in [-0.4, -0.2) is 21.2 Å². The maximum Gasteiger partial charge on any atom is 0.224 e. The summed E-state index contributed by atoms with van der Waals surface area (Å²) in [5.74, 6) is 1.75. The standard InChI is InChI=1S/C7H10N4S/c1-12-7-10-5(4-2-3-4)9-6(8)11-7/h4H,2-3H2,1H3,(H2,8,9,10,11). The van der Waals surface area contributed by atoms with Gasteiger partial charge in [0.25, 0.3) is 0 Å². The Morgan fingerprint density at radius 1 is 1.33 bits per heavy atom. The largest absolute Gasteiger partial charge is 0.368 e. The first-order valence-corrected chi connectivity index (χ1v) is 5.07. The zero-order chi connectivity index (χ0) is 8.55. The predicted molar refractivity (Wildman–Crippen MR) is 48.0 cm³/mol. The second-order valence-electron chi connectivity index (χ2n) is 2.81. The molecule has 0 aliphatic heterocycles. The van der Waals surface area contributed by atoms with Crippen LogP contribution in [0.15, 0.2) is 5.16 Å². The maximum atomic E-state index is 5.52. The van der Waals surface area contributed by atoms with E-state index in [1.807, 2.05) is 6.26 Å². The summed E-state index contributed by atoms with van der Waals surface area (Å²) in [6.45, 7) is 0. The average Bonchev–Trinajstić information content (AvgIpc) is 2.85. The van der Waals surface area contributed by atoms with Crippen molar-refractivity contribution in [3.05, 3.63) is 5.82 Å². The number of nitrogen functional groups attached to an aromatic ring is 1. The second-order valence-corrected chi connectivity index (χ2v) is 3.59. The molecule has 64 valence electrons. The molecule has 1 aromatic rings. The zero-order valence-corrected chi connectivity index (χ0v) is 7.64. The van der Waals surface area contributed by atoms with Crippen LogP contribution < -0.4 is 5.73 Å². The van der Waals surface area contributed by atoms with Crippen LogP contribution in [0.25, 0.3) is 0 Å². The van der Waals surface area contributed by atoms with Crippen molar-refractivity contribution < 1.29 is 0 Å². The molecule has 1 heterocycles. The van der Waals surface area contributed by atoms with Gasteiger partial charge in [-0.3, -0.25) is 0 Å². The lowest BCUT2D eigenvalue weighted by molar-refractivity contribution is 0.819. The summed E-state index contributed by atoms with van der Waals surface area (Å²) in [6.07, 6.45) is 4.32. The first kappa shape index (κ1) is 7.79. The minimum Gasteiger partial charge on any atom is -0.368 e. The molecule has 0 aromatic carbocycles. The Morgan fingerprint density at radius 3 is 2.67 bits per heavy atom. The molecular weight excluding hydrogens is 172 g/mol. The number of nitrogens with zero attached hydrogens (tertiary/aromatic N) is 3. The molecule has 12 heavy (non-hydrogen) atoms. The van der Waals surface area contributed by atoms with E-state index in [1.165, 1.54) is 24.6 Å². The SMILES string of the molecule is CSc1nc(N)nc(C2CC2)n1. The number of nitrogens with two attached hydrogens (primary N) is 1. The number of thioether (sulfide) groups is 1. The van der Waals surface area contributed by atoms with Crippen molar-refractivity contribution >= 4 is 17.7 Å². The van der Waals surface area contributed by atoms with E-state index in [4.69, 9.17) is 5.73 Å². The summed E-state index contributed by atoms with van der Waals surface area (Å²) < 4.78 is 0. The molecule has 4 nitrogen and oxygen atoms in total. The number of rotatable bonds is 2. The highest BCUT2D eigenvalue weighted by atomic mass is 32.2. The molecule has 0 radical (unpaired) electrons. The van der Waals surface area contributed by atoms with Gasteiger partial charge in [-0.25, -0.2) is 4.98 Å². The van der Waals surface area contributed by atoms with Gasteiger partial charge >= 0.3 is 0 Å². The number of hydrogen-bond donors (Lipinski definition) is 1. The van der Waals surface area contributed by atoms with Crippen molar-refractivity contribution in [1.29, 1.82) is 0 Å².